The molecule has 0 fully saturated rings. The lowest BCUT2D eigenvalue weighted by atomic mass is 10.1. The molecule has 1 amide bonds. The Labute approximate surface area is 173 Å². The number of hydrogen-bond acceptors (Lipinski definition) is 5. The fourth-order valence-corrected chi connectivity index (χ4v) is 3.82. The van der Waals surface area contributed by atoms with Crippen molar-refractivity contribution in [3.05, 3.63) is 65.0 Å². The number of imidazole rings is 1. The van der Waals surface area contributed by atoms with Crippen LogP contribution in [0.3, 0.4) is 0 Å². The molecule has 2 aromatic carbocycles. The summed E-state index contributed by atoms with van der Waals surface area (Å²) in [6.45, 7) is 4.73. The van der Waals surface area contributed by atoms with Crippen LogP contribution in [0.4, 0.5) is 0 Å². The summed E-state index contributed by atoms with van der Waals surface area (Å²) < 4.78 is 7.40. The van der Waals surface area contributed by atoms with Crippen molar-refractivity contribution in [3.63, 3.8) is 0 Å². The normalized spacial score (nSPS) is 12.1. The highest BCUT2D eigenvalue weighted by Crippen LogP contribution is 2.25. The van der Waals surface area contributed by atoms with Gasteiger partial charge in [0.1, 0.15) is 18.0 Å². The average molecular weight is 407 g/mol. The number of aromatic nitrogens is 3. The maximum absolute atomic E-state index is 12.8. The molecule has 0 saturated heterocycles. The fraction of sp³-hybridized carbons (Fsp3) is 0.227. The molecule has 2 aromatic heterocycles. The molecule has 1 atom stereocenters. The summed E-state index contributed by atoms with van der Waals surface area (Å²) in [5, 5.41) is 5.02. The van der Waals surface area contributed by atoms with Crippen molar-refractivity contribution in [1.29, 1.82) is 0 Å². The van der Waals surface area contributed by atoms with Gasteiger partial charge in [-0.05, 0) is 43.7 Å². The molecular weight excluding hydrogens is 384 g/mol. The first-order chi connectivity index (χ1) is 14.2. The van der Waals surface area contributed by atoms with Crippen molar-refractivity contribution < 1.29 is 9.53 Å². The van der Waals surface area contributed by atoms with Gasteiger partial charge in [-0.1, -0.05) is 24.3 Å². The Morgan fingerprint density at radius 2 is 2.00 bits per heavy atom. The molecule has 0 aliphatic heterocycles. The molecule has 0 aliphatic rings. The highest BCUT2D eigenvalue weighted by Gasteiger charge is 2.17. The van der Waals surface area contributed by atoms with Crippen molar-refractivity contribution >= 4 is 28.3 Å². The van der Waals surface area contributed by atoms with Crippen LogP contribution in [-0.4, -0.2) is 27.0 Å². The first-order valence-corrected chi connectivity index (χ1v) is 10.5. The molecule has 7 heteroatoms. The number of rotatable bonds is 7. The van der Waals surface area contributed by atoms with E-state index >= 15 is 0 Å². The van der Waals surface area contributed by atoms with Crippen molar-refractivity contribution in [1.82, 2.24) is 19.9 Å². The highest BCUT2D eigenvalue weighted by atomic mass is 32.1. The zero-order valence-electron chi connectivity index (χ0n) is 16.3. The summed E-state index contributed by atoms with van der Waals surface area (Å²) in [7, 11) is 0. The number of benzene rings is 2. The number of carbonyl (C=O) groups excluding carboxylic acids is 1. The zero-order chi connectivity index (χ0) is 20.2. The molecule has 0 aliphatic carbocycles. The van der Waals surface area contributed by atoms with Gasteiger partial charge in [0, 0.05) is 5.38 Å². The Kier molecular flexibility index (Phi) is 5.57. The Balaban J connectivity index is 1.54. The van der Waals surface area contributed by atoms with Gasteiger partial charge in [-0.3, -0.25) is 4.79 Å². The number of thiazole rings is 1. The van der Waals surface area contributed by atoms with Gasteiger partial charge in [0.05, 0.1) is 29.2 Å². The quantitative estimate of drug-likeness (QED) is 0.493. The molecule has 6 nitrogen and oxygen atoms in total. The molecule has 4 rings (SSSR count). The lowest BCUT2D eigenvalue weighted by Gasteiger charge is -2.16. The molecule has 0 radical (unpaired) electrons. The number of carbonyl (C=O) groups is 1. The van der Waals surface area contributed by atoms with E-state index in [0.717, 1.165) is 28.0 Å². The lowest BCUT2D eigenvalue weighted by molar-refractivity contribution is -0.122. The van der Waals surface area contributed by atoms with Gasteiger partial charge in [-0.15, -0.1) is 11.3 Å². The zero-order valence-corrected chi connectivity index (χ0v) is 17.1. The highest BCUT2D eigenvalue weighted by molar-refractivity contribution is 7.07. The maximum atomic E-state index is 12.8. The maximum Gasteiger partial charge on any atom is 0.240 e. The van der Waals surface area contributed by atoms with Crippen molar-refractivity contribution in [2.45, 2.75) is 26.4 Å². The van der Waals surface area contributed by atoms with Crippen LogP contribution in [0.5, 0.6) is 5.75 Å². The van der Waals surface area contributed by atoms with E-state index in [1.165, 1.54) is 11.3 Å². The Morgan fingerprint density at radius 3 is 2.72 bits per heavy atom. The van der Waals surface area contributed by atoms with Crippen LogP contribution >= 0.6 is 11.3 Å². The molecule has 1 unspecified atom stereocenters. The molecule has 0 saturated carbocycles. The van der Waals surface area contributed by atoms with Crippen molar-refractivity contribution in [2.24, 2.45) is 0 Å². The third kappa shape index (κ3) is 4.14. The van der Waals surface area contributed by atoms with E-state index in [-0.39, 0.29) is 18.5 Å². The predicted octanol–water partition coefficient (Wildman–Crippen LogP) is 4.44. The minimum atomic E-state index is -0.115. The van der Waals surface area contributed by atoms with Crippen molar-refractivity contribution in [2.75, 3.05) is 6.61 Å². The van der Waals surface area contributed by atoms with E-state index in [1.807, 2.05) is 72.3 Å². The average Bonchev–Trinajstić information content (AvgIpc) is 3.37. The van der Waals surface area contributed by atoms with Gasteiger partial charge < -0.3 is 14.6 Å². The number of fused-ring (bicyclic) bond motifs is 1. The van der Waals surface area contributed by atoms with E-state index < -0.39 is 0 Å². The second kappa shape index (κ2) is 8.45. The van der Waals surface area contributed by atoms with Crippen LogP contribution in [0.1, 0.15) is 25.5 Å². The second-order valence-corrected chi connectivity index (χ2v) is 7.39. The van der Waals surface area contributed by atoms with E-state index in [2.05, 4.69) is 15.3 Å². The minimum Gasteiger partial charge on any atom is -0.494 e. The van der Waals surface area contributed by atoms with Crippen LogP contribution < -0.4 is 10.1 Å². The third-order valence-electron chi connectivity index (χ3n) is 4.69. The number of ether oxygens (including phenoxy) is 1. The molecule has 0 bridgehead atoms. The SMILES string of the molecule is CCOc1ccc(C(C)NC(=O)Cn2c(-c3cscn3)nc3ccccc32)cc1. The Morgan fingerprint density at radius 1 is 1.21 bits per heavy atom. The monoisotopic (exact) mass is 406 g/mol. The van der Waals surface area contributed by atoms with Gasteiger partial charge in [0.25, 0.3) is 0 Å². The molecule has 2 heterocycles. The molecule has 148 valence electrons. The van der Waals surface area contributed by atoms with Crippen LogP contribution in [0.2, 0.25) is 0 Å². The van der Waals surface area contributed by atoms with Crippen LogP contribution in [0, 0.1) is 0 Å². The van der Waals surface area contributed by atoms with E-state index in [1.54, 1.807) is 5.51 Å². The van der Waals surface area contributed by atoms with Gasteiger partial charge in [0.2, 0.25) is 5.91 Å². The standard InChI is InChI=1S/C22H22N4O2S/c1-3-28-17-10-8-16(9-11-17)15(2)24-21(27)12-26-20-7-5-4-6-18(20)25-22(26)19-13-29-14-23-19/h4-11,13-15H,3,12H2,1-2H3,(H,24,27). The van der Waals surface area contributed by atoms with Gasteiger partial charge >= 0.3 is 0 Å². The summed E-state index contributed by atoms with van der Waals surface area (Å²) >= 11 is 1.51. The molecule has 0 spiro atoms. The molecule has 4 aromatic rings. The smallest absolute Gasteiger partial charge is 0.240 e. The number of hydrogen-bond donors (Lipinski definition) is 1. The predicted molar refractivity (Wildman–Crippen MR) is 115 cm³/mol. The van der Waals surface area contributed by atoms with E-state index in [0.29, 0.717) is 12.4 Å². The van der Waals surface area contributed by atoms with Crippen LogP contribution in [0.15, 0.2) is 59.4 Å². The Hall–Kier alpha value is -3.19. The largest absolute Gasteiger partial charge is 0.494 e. The lowest BCUT2D eigenvalue weighted by Crippen LogP contribution is -2.30. The summed E-state index contributed by atoms with van der Waals surface area (Å²) in [6, 6.07) is 15.5. The van der Waals surface area contributed by atoms with Crippen LogP contribution in [-0.2, 0) is 11.3 Å². The summed E-state index contributed by atoms with van der Waals surface area (Å²) in [5.41, 5.74) is 5.34. The molecular formula is C22H22N4O2S. The van der Waals surface area contributed by atoms with E-state index in [9.17, 15) is 4.79 Å². The molecule has 1 N–H and O–H groups in total. The minimum absolute atomic E-state index is 0.0778. The number of para-hydroxylation sites is 2. The topological polar surface area (TPSA) is 69.0 Å². The first-order valence-electron chi connectivity index (χ1n) is 9.51. The summed E-state index contributed by atoms with van der Waals surface area (Å²) in [5.74, 6) is 1.45. The number of nitrogens with one attached hydrogen (secondary N) is 1. The van der Waals surface area contributed by atoms with E-state index in [4.69, 9.17) is 4.74 Å². The number of amides is 1. The summed E-state index contributed by atoms with van der Waals surface area (Å²) in [4.78, 5) is 21.9. The molecule has 29 heavy (non-hydrogen) atoms. The summed E-state index contributed by atoms with van der Waals surface area (Å²) in [6.07, 6.45) is 0. The first kappa shape index (κ1) is 19.1. The van der Waals surface area contributed by atoms with Gasteiger partial charge in [-0.25, -0.2) is 9.97 Å². The van der Waals surface area contributed by atoms with Crippen LogP contribution in [0.25, 0.3) is 22.6 Å². The number of nitrogens with zero attached hydrogens (tertiary/aromatic N) is 3. The Bertz CT molecular complexity index is 1100. The second-order valence-electron chi connectivity index (χ2n) is 6.68. The third-order valence-corrected chi connectivity index (χ3v) is 5.27. The van der Waals surface area contributed by atoms with Crippen molar-refractivity contribution in [3.8, 4) is 17.3 Å². The van der Waals surface area contributed by atoms with Gasteiger partial charge in [-0.2, -0.15) is 0 Å². The fourth-order valence-electron chi connectivity index (χ4n) is 3.29. The van der Waals surface area contributed by atoms with Gasteiger partial charge in [0.15, 0.2) is 5.82 Å².